The Morgan fingerprint density at radius 1 is 1.12 bits per heavy atom. The second kappa shape index (κ2) is 7.23. The van der Waals surface area contributed by atoms with Crippen molar-refractivity contribution in [3.63, 3.8) is 0 Å². The summed E-state index contributed by atoms with van der Waals surface area (Å²) in [6.45, 7) is 0.689. The van der Waals surface area contributed by atoms with Gasteiger partial charge in [0.05, 0.1) is 12.1 Å². The van der Waals surface area contributed by atoms with Gasteiger partial charge in [-0.2, -0.15) is 0 Å². The summed E-state index contributed by atoms with van der Waals surface area (Å²) in [5, 5.41) is 10.8. The Kier molecular flexibility index (Phi) is 5.04. The van der Waals surface area contributed by atoms with E-state index in [1.54, 1.807) is 24.1 Å². The van der Waals surface area contributed by atoms with Gasteiger partial charge in [0.1, 0.15) is 5.69 Å². The molecule has 1 aromatic heterocycles. The van der Waals surface area contributed by atoms with Crippen molar-refractivity contribution in [2.75, 3.05) is 6.54 Å². The SMILES string of the molecule is Cn1c(C(=O)N(Cc2ccccc2)CC2(O)CCCC2)cccc1=O. The van der Waals surface area contributed by atoms with Crippen LogP contribution in [-0.4, -0.2) is 32.6 Å². The number of amides is 1. The average Bonchev–Trinajstić information content (AvgIpc) is 3.03. The van der Waals surface area contributed by atoms with E-state index in [1.807, 2.05) is 30.3 Å². The van der Waals surface area contributed by atoms with Crippen LogP contribution in [0.1, 0.15) is 41.7 Å². The fourth-order valence-electron chi connectivity index (χ4n) is 3.49. The van der Waals surface area contributed by atoms with Crippen LogP contribution in [0, 0.1) is 0 Å². The predicted octanol–water partition coefficient (Wildman–Crippen LogP) is 2.33. The van der Waals surface area contributed by atoms with Crippen LogP contribution in [0.25, 0.3) is 0 Å². The van der Waals surface area contributed by atoms with Crippen molar-refractivity contribution in [2.45, 2.75) is 37.8 Å². The van der Waals surface area contributed by atoms with Gasteiger partial charge in [-0.1, -0.05) is 49.2 Å². The molecule has 5 nitrogen and oxygen atoms in total. The number of hydrogen-bond acceptors (Lipinski definition) is 3. The first-order valence-electron chi connectivity index (χ1n) is 8.70. The molecule has 132 valence electrons. The van der Waals surface area contributed by atoms with E-state index in [4.69, 9.17) is 0 Å². The van der Waals surface area contributed by atoms with Crippen LogP contribution < -0.4 is 5.56 Å². The zero-order chi connectivity index (χ0) is 17.9. The van der Waals surface area contributed by atoms with Gasteiger partial charge in [-0.3, -0.25) is 9.59 Å². The lowest BCUT2D eigenvalue weighted by Gasteiger charge is -2.32. The topological polar surface area (TPSA) is 62.5 Å². The number of carbonyl (C=O) groups excluding carboxylic acids is 1. The molecular weight excluding hydrogens is 316 g/mol. The maximum atomic E-state index is 13.1. The first-order valence-corrected chi connectivity index (χ1v) is 8.70. The Hall–Kier alpha value is -2.40. The number of hydrogen-bond donors (Lipinski definition) is 1. The van der Waals surface area contributed by atoms with Gasteiger partial charge in [0.2, 0.25) is 0 Å². The van der Waals surface area contributed by atoms with E-state index in [2.05, 4.69) is 0 Å². The fraction of sp³-hybridized carbons (Fsp3) is 0.400. The highest BCUT2D eigenvalue weighted by atomic mass is 16.3. The Bertz CT molecular complexity index is 792. The third-order valence-corrected chi connectivity index (χ3v) is 4.93. The first-order chi connectivity index (χ1) is 12.0. The molecule has 0 unspecified atom stereocenters. The fourth-order valence-corrected chi connectivity index (χ4v) is 3.49. The van der Waals surface area contributed by atoms with Gasteiger partial charge in [0, 0.05) is 19.7 Å². The molecule has 5 heteroatoms. The molecule has 1 N–H and O–H groups in total. The van der Waals surface area contributed by atoms with Crippen LogP contribution >= 0.6 is 0 Å². The highest BCUT2D eigenvalue weighted by molar-refractivity contribution is 5.92. The standard InChI is InChI=1S/C20H24N2O3/c1-21-17(10-7-11-18(21)23)19(24)22(14-16-8-3-2-4-9-16)15-20(25)12-5-6-13-20/h2-4,7-11,25H,5-6,12-15H2,1H3. The van der Waals surface area contributed by atoms with Crippen molar-refractivity contribution >= 4 is 5.91 Å². The van der Waals surface area contributed by atoms with Gasteiger partial charge in [-0.05, 0) is 24.5 Å². The number of carbonyl (C=O) groups is 1. The van der Waals surface area contributed by atoms with E-state index in [9.17, 15) is 14.7 Å². The summed E-state index contributed by atoms with van der Waals surface area (Å²) >= 11 is 0. The molecule has 1 aliphatic rings. The summed E-state index contributed by atoms with van der Waals surface area (Å²) in [6.07, 6.45) is 3.37. The van der Waals surface area contributed by atoms with Crippen LogP contribution in [0.4, 0.5) is 0 Å². The second-order valence-electron chi connectivity index (χ2n) is 6.89. The van der Waals surface area contributed by atoms with Crippen molar-refractivity contribution < 1.29 is 9.90 Å². The van der Waals surface area contributed by atoms with E-state index in [0.717, 1.165) is 18.4 Å². The molecule has 1 aromatic carbocycles. The molecule has 0 atom stereocenters. The van der Waals surface area contributed by atoms with E-state index in [-0.39, 0.29) is 18.0 Å². The maximum absolute atomic E-state index is 13.1. The molecule has 0 aliphatic heterocycles. The largest absolute Gasteiger partial charge is 0.388 e. The summed E-state index contributed by atoms with van der Waals surface area (Å²) in [4.78, 5) is 26.6. The minimum atomic E-state index is -0.835. The lowest BCUT2D eigenvalue weighted by Crippen LogP contribution is -2.45. The van der Waals surface area contributed by atoms with E-state index >= 15 is 0 Å². The van der Waals surface area contributed by atoms with Gasteiger partial charge in [-0.15, -0.1) is 0 Å². The zero-order valence-electron chi connectivity index (χ0n) is 14.5. The average molecular weight is 340 g/mol. The molecule has 25 heavy (non-hydrogen) atoms. The Morgan fingerprint density at radius 3 is 2.48 bits per heavy atom. The Labute approximate surface area is 147 Å². The van der Waals surface area contributed by atoms with Crippen LogP contribution in [0.5, 0.6) is 0 Å². The third-order valence-electron chi connectivity index (χ3n) is 4.93. The molecule has 0 spiro atoms. The quantitative estimate of drug-likeness (QED) is 0.909. The van der Waals surface area contributed by atoms with Crippen LogP contribution in [0.15, 0.2) is 53.3 Å². The summed E-state index contributed by atoms with van der Waals surface area (Å²) in [6, 6.07) is 14.4. The molecule has 3 rings (SSSR count). The molecule has 1 aliphatic carbocycles. The molecular formula is C20H24N2O3. The summed E-state index contributed by atoms with van der Waals surface area (Å²) in [5.74, 6) is -0.232. The highest BCUT2D eigenvalue weighted by Gasteiger charge is 2.35. The number of rotatable bonds is 5. The second-order valence-corrected chi connectivity index (χ2v) is 6.89. The minimum Gasteiger partial charge on any atom is -0.388 e. The molecule has 1 amide bonds. The lowest BCUT2D eigenvalue weighted by atomic mass is 10.0. The number of aromatic nitrogens is 1. The number of pyridine rings is 1. The smallest absolute Gasteiger partial charge is 0.270 e. The molecule has 1 heterocycles. The van der Waals surface area contributed by atoms with Gasteiger partial charge in [0.15, 0.2) is 0 Å². The van der Waals surface area contributed by atoms with E-state index in [0.29, 0.717) is 25.1 Å². The monoisotopic (exact) mass is 340 g/mol. The highest BCUT2D eigenvalue weighted by Crippen LogP contribution is 2.31. The van der Waals surface area contributed by atoms with Crippen molar-refractivity contribution in [1.29, 1.82) is 0 Å². The summed E-state index contributed by atoms with van der Waals surface area (Å²) < 4.78 is 1.36. The molecule has 2 aromatic rings. The maximum Gasteiger partial charge on any atom is 0.270 e. The molecule has 0 bridgehead atoms. The summed E-state index contributed by atoms with van der Waals surface area (Å²) in [5.41, 5.74) is 0.284. The first kappa shape index (κ1) is 17.4. The Morgan fingerprint density at radius 2 is 1.80 bits per heavy atom. The summed E-state index contributed by atoms with van der Waals surface area (Å²) in [7, 11) is 1.60. The Balaban J connectivity index is 1.90. The number of nitrogens with zero attached hydrogens (tertiary/aromatic N) is 2. The van der Waals surface area contributed by atoms with Crippen molar-refractivity contribution in [3.05, 3.63) is 70.1 Å². The number of benzene rings is 1. The van der Waals surface area contributed by atoms with Gasteiger partial charge < -0.3 is 14.6 Å². The van der Waals surface area contributed by atoms with Crippen molar-refractivity contribution in [1.82, 2.24) is 9.47 Å². The van der Waals surface area contributed by atoms with Crippen LogP contribution in [-0.2, 0) is 13.6 Å². The molecule has 0 radical (unpaired) electrons. The van der Waals surface area contributed by atoms with E-state index in [1.165, 1.54) is 10.6 Å². The van der Waals surface area contributed by atoms with Crippen LogP contribution in [0.2, 0.25) is 0 Å². The van der Waals surface area contributed by atoms with Gasteiger partial charge in [0.25, 0.3) is 11.5 Å². The lowest BCUT2D eigenvalue weighted by molar-refractivity contribution is 0.00745. The van der Waals surface area contributed by atoms with E-state index < -0.39 is 5.60 Å². The van der Waals surface area contributed by atoms with Crippen molar-refractivity contribution in [3.8, 4) is 0 Å². The normalized spacial score (nSPS) is 15.9. The van der Waals surface area contributed by atoms with Gasteiger partial charge >= 0.3 is 0 Å². The molecule has 1 fully saturated rings. The zero-order valence-corrected chi connectivity index (χ0v) is 14.5. The molecule has 0 saturated heterocycles. The van der Waals surface area contributed by atoms with Gasteiger partial charge in [-0.25, -0.2) is 0 Å². The number of aliphatic hydroxyl groups is 1. The van der Waals surface area contributed by atoms with Crippen LogP contribution in [0.3, 0.4) is 0 Å². The van der Waals surface area contributed by atoms with Crippen molar-refractivity contribution in [2.24, 2.45) is 7.05 Å². The third kappa shape index (κ3) is 3.99. The molecule has 1 saturated carbocycles. The minimum absolute atomic E-state index is 0.218. The predicted molar refractivity (Wildman–Crippen MR) is 96.3 cm³/mol.